The monoisotopic (exact) mass is 417 g/mol. The predicted octanol–water partition coefficient (Wildman–Crippen LogP) is 0.843. The molecule has 2 rings (SSSR count). The molecule has 1 aliphatic heterocycles. The number of thioether (sulfide) groups is 1. The van der Waals surface area contributed by atoms with Gasteiger partial charge in [-0.1, -0.05) is 53.2 Å². The minimum absolute atomic E-state index is 0.00566. The summed E-state index contributed by atoms with van der Waals surface area (Å²) in [6, 6.07) is 3.20. The molecule has 1 aliphatic rings. The van der Waals surface area contributed by atoms with E-state index < -0.39 is 30.3 Å². The Balaban J connectivity index is 2.30. The molecule has 25 heavy (non-hydrogen) atoms. The smallest absolute Gasteiger partial charge is 0.266 e. The Morgan fingerprint density at radius 2 is 2.00 bits per heavy atom. The molecular formula is C15H9Cl2NO5S2-2. The average molecular weight is 418 g/mol. The lowest BCUT2D eigenvalue weighted by Gasteiger charge is -2.27. The fourth-order valence-corrected chi connectivity index (χ4v) is 3.93. The van der Waals surface area contributed by atoms with Gasteiger partial charge in [-0.05, 0) is 36.6 Å². The van der Waals surface area contributed by atoms with E-state index in [2.05, 4.69) is 0 Å². The maximum absolute atomic E-state index is 12.5. The van der Waals surface area contributed by atoms with E-state index in [1.54, 1.807) is 12.1 Å². The zero-order chi connectivity index (χ0) is 18.7. The second-order valence-corrected chi connectivity index (χ2v) is 7.48. The van der Waals surface area contributed by atoms with Gasteiger partial charge in [-0.25, -0.2) is 0 Å². The third-order valence-electron chi connectivity index (χ3n) is 3.28. The Hall–Kier alpha value is -1.61. The van der Waals surface area contributed by atoms with E-state index in [0.717, 1.165) is 16.7 Å². The van der Waals surface area contributed by atoms with Crippen LogP contribution < -0.4 is 10.2 Å². The van der Waals surface area contributed by atoms with Crippen molar-refractivity contribution in [2.24, 2.45) is 0 Å². The maximum Gasteiger partial charge on any atom is 0.266 e. The van der Waals surface area contributed by atoms with Crippen LogP contribution in [-0.2, 0) is 14.4 Å². The molecule has 1 aromatic rings. The van der Waals surface area contributed by atoms with Crippen molar-refractivity contribution in [1.29, 1.82) is 0 Å². The number of halogens is 2. The van der Waals surface area contributed by atoms with Crippen molar-refractivity contribution in [3.63, 3.8) is 0 Å². The molecule has 6 nitrogen and oxygen atoms in total. The Morgan fingerprint density at radius 3 is 2.56 bits per heavy atom. The van der Waals surface area contributed by atoms with E-state index in [-0.39, 0.29) is 15.6 Å². The molecule has 10 heteroatoms. The van der Waals surface area contributed by atoms with Crippen molar-refractivity contribution in [2.75, 3.05) is 0 Å². The number of aliphatic carboxylic acids is 2. The van der Waals surface area contributed by atoms with Crippen molar-refractivity contribution in [3.05, 3.63) is 38.7 Å². The van der Waals surface area contributed by atoms with Gasteiger partial charge in [0.1, 0.15) is 4.32 Å². The van der Waals surface area contributed by atoms with Crippen molar-refractivity contribution in [2.45, 2.75) is 18.9 Å². The summed E-state index contributed by atoms with van der Waals surface area (Å²) in [7, 11) is 0. The first-order valence-electron chi connectivity index (χ1n) is 6.83. The highest BCUT2D eigenvalue weighted by molar-refractivity contribution is 8.26. The van der Waals surface area contributed by atoms with Gasteiger partial charge in [0.15, 0.2) is 0 Å². The maximum atomic E-state index is 12.5. The fraction of sp³-hybridized carbons (Fsp3) is 0.200. The molecule has 1 fully saturated rings. The summed E-state index contributed by atoms with van der Waals surface area (Å²) >= 11 is 17.8. The second-order valence-electron chi connectivity index (χ2n) is 4.96. The highest BCUT2D eigenvalue weighted by Crippen LogP contribution is 2.36. The molecule has 1 saturated heterocycles. The molecule has 1 heterocycles. The quantitative estimate of drug-likeness (QED) is 0.499. The van der Waals surface area contributed by atoms with Crippen LogP contribution in [0, 0.1) is 0 Å². The molecule has 0 N–H and O–H groups in total. The Labute approximate surface area is 162 Å². The normalized spacial score (nSPS) is 17.2. The van der Waals surface area contributed by atoms with Gasteiger partial charge in [0.2, 0.25) is 0 Å². The Kier molecular flexibility index (Phi) is 6.45. The number of nitrogens with zero attached hydrogens (tertiary/aromatic N) is 1. The van der Waals surface area contributed by atoms with Crippen LogP contribution >= 0.6 is 47.2 Å². The van der Waals surface area contributed by atoms with Crippen LogP contribution in [-0.4, -0.2) is 33.1 Å². The average Bonchev–Trinajstić information content (AvgIpc) is 2.77. The summed E-state index contributed by atoms with van der Waals surface area (Å²) in [5, 5.41) is 22.6. The predicted molar refractivity (Wildman–Crippen MR) is 94.5 cm³/mol. The number of rotatable bonds is 6. The summed E-state index contributed by atoms with van der Waals surface area (Å²) < 4.78 is -0.00566. The Morgan fingerprint density at radius 1 is 1.32 bits per heavy atom. The van der Waals surface area contributed by atoms with Gasteiger partial charge in [0, 0.05) is 16.0 Å². The zero-order valence-electron chi connectivity index (χ0n) is 12.4. The van der Waals surface area contributed by atoms with Gasteiger partial charge in [-0.3, -0.25) is 9.69 Å². The van der Waals surface area contributed by atoms with Crippen LogP contribution in [0.25, 0.3) is 6.08 Å². The van der Waals surface area contributed by atoms with Gasteiger partial charge in [-0.2, -0.15) is 0 Å². The number of benzene rings is 1. The number of hydrogen-bond donors (Lipinski definition) is 0. The summed E-state index contributed by atoms with van der Waals surface area (Å²) in [6.45, 7) is 0. The third kappa shape index (κ3) is 4.72. The van der Waals surface area contributed by atoms with Crippen LogP contribution in [0.1, 0.15) is 18.4 Å². The molecule has 1 atom stereocenters. The minimum Gasteiger partial charge on any atom is -0.550 e. The standard InChI is InChI=1S/C15H11Cl2NO5S2/c16-8-2-1-7(9(17)6-8)5-11-13(21)18(15(24)25-11)10(14(22)23)3-4-12(19)20/h1-2,5-6,10H,3-4H2,(H,19,20)(H,22,23)/p-2. The highest BCUT2D eigenvalue weighted by Gasteiger charge is 2.37. The van der Waals surface area contributed by atoms with E-state index in [9.17, 15) is 24.6 Å². The summed E-state index contributed by atoms with van der Waals surface area (Å²) in [5.41, 5.74) is 0.506. The molecule has 0 radical (unpaired) electrons. The first-order valence-corrected chi connectivity index (χ1v) is 8.81. The molecule has 0 aliphatic carbocycles. The zero-order valence-corrected chi connectivity index (χ0v) is 15.5. The lowest BCUT2D eigenvalue weighted by atomic mass is 10.1. The van der Waals surface area contributed by atoms with Crippen molar-refractivity contribution in [1.82, 2.24) is 4.90 Å². The van der Waals surface area contributed by atoms with Crippen molar-refractivity contribution in [3.8, 4) is 0 Å². The minimum atomic E-state index is -1.59. The molecule has 1 aromatic carbocycles. The first kappa shape index (κ1) is 19.7. The van der Waals surface area contributed by atoms with Gasteiger partial charge in [0.05, 0.1) is 16.9 Å². The second kappa shape index (κ2) is 8.18. The van der Waals surface area contributed by atoms with Gasteiger partial charge < -0.3 is 19.8 Å². The van der Waals surface area contributed by atoms with E-state index in [1.165, 1.54) is 12.1 Å². The largest absolute Gasteiger partial charge is 0.550 e. The molecule has 0 bridgehead atoms. The number of hydrogen-bond acceptors (Lipinski definition) is 7. The Bertz CT molecular complexity index is 796. The lowest BCUT2D eigenvalue weighted by molar-refractivity contribution is -0.311. The highest BCUT2D eigenvalue weighted by atomic mass is 35.5. The molecule has 0 spiro atoms. The fourth-order valence-electron chi connectivity index (χ4n) is 2.12. The van der Waals surface area contributed by atoms with E-state index >= 15 is 0 Å². The number of thiocarbonyl (C=S) groups is 1. The number of carbonyl (C=O) groups is 3. The third-order valence-corrected chi connectivity index (χ3v) is 5.17. The van der Waals surface area contributed by atoms with E-state index in [4.69, 9.17) is 35.4 Å². The van der Waals surface area contributed by atoms with Crippen LogP contribution in [0.3, 0.4) is 0 Å². The topological polar surface area (TPSA) is 101 Å². The van der Waals surface area contributed by atoms with Gasteiger partial charge in [0.25, 0.3) is 5.91 Å². The van der Waals surface area contributed by atoms with E-state index in [0.29, 0.717) is 15.6 Å². The molecule has 1 amide bonds. The van der Waals surface area contributed by atoms with Crippen molar-refractivity contribution >= 4 is 75.4 Å². The number of amides is 1. The molecule has 132 valence electrons. The van der Waals surface area contributed by atoms with Crippen LogP contribution in [0.2, 0.25) is 10.0 Å². The SMILES string of the molecule is O=C([O-])CCC(C(=O)[O-])N1C(=O)C(=Cc2ccc(Cl)cc2Cl)SC1=S. The summed E-state index contributed by atoms with van der Waals surface area (Å²) in [5.74, 6) is -3.68. The number of carboxylic acids is 2. The van der Waals surface area contributed by atoms with Gasteiger partial charge in [-0.15, -0.1) is 0 Å². The van der Waals surface area contributed by atoms with Crippen LogP contribution in [0.5, 0.6) is 0 Å². The summed E-state index contributed by atoms with van der Waals surface area (Å²) in [4.78, 5) is 35.4. The summed E-state index contributed by atoms with van der Waals surface area (Å²) in [6.07, 6.45) is 0.549. The molecule has 1 unspecified atom stereocenters. The first-order chi connectivity index (χ1) is 11.7. The van der Waals surface area contributed by atoms with Crippen LogP contribution in [0.4, 0.5) is 0 Å². The molecular weight excluding hydrogens is 409 g/mol. The lowest BCUT2D eigenvalue weighted by Crippen LogP contribution is -2.50. The van der Waals surface area contributed by atoms with E-state index in [1.807, 2.05) is 0 Å². The molecule has 0 saturated carbocycles. The van der Waals surface area contributed by atoms with Crippen LogP contribution in [0.15, 0.2) is 23.1 Å². The molecule has 0 aromatic heterocycles. The van der Waals surface area contributed by atoms with Crippen molar-refractivity contribution < 1.29 is 24.6 Å². The number of carboxylic acid groups (broad SMARTS) is 2. The number of carbonyl (C=O) groups excluding carboxylic acids is 3. The van der Waals surface area contributed by atoms with Gasteiger partial charge >= 0.3 is 0 Å².